The van der Waals surface area contributed by atoms with E-state index in [1.54, 1.807) is 0 Å². The number of nitrogens with zero attached hydrogens (tertiary/aromatic N) is 1. The van der Waals surface area contributed by atoms with Gasteiger partial charge in [0.2, 0.25) is 0 Å². The summed E-state index contributed by atoms with van der Waals surface area (Å²) >= 11 is 0. The van der Waals surface area contributed by atoms with Gasteiger partial charge in [0.05, 0.1) is 6.61 Å². The normalized spacial score (nSPS) is 27.0. The van der Waals surface area contributed by atoms with Gasteiger partial charge in [0.1, 0.15) is 0 Å². The molecule has 1 saturated heterocycles. The lowest BCUT2D eigenvalue weighted by molar-refractivity contribution is 0.0795. The fourth-order valence-electron chi connectivity index (χ4n) is 2.92. The number of hydrogen-bond donors (Lipinski definition) is 0. The SMILES string of the molecule is CC(N(C)CC1CCOCC(C)(C)C1)C(C)(C)C. The molecule has 1 fully saturated rings. The van der Waals surface area contributed by atoms with E-state index in [4.69, 9.17) is 4.74 Å². The molecule has 0 amide bonds. The van der Waals surface area contributed by atoms with Crippen LogP contribution in [0.15, 0.2) is 0 Å². The summed E-state index contributed by atoms with van der Waals surface area (Å²) in [5.74, 6) is 0.775. The quantitative estimate of drug-likeness (QED) is 0.760. The molecule has 1 aliphatic rings. The second-order valence-corrected chi connectivity index (χ2v) is 8.06. The fourth-order valence-corrected chi connectivity index (χ4v) is 2.92. The van der Waals surface area contributed by atoms with E-state index in [2.05, 4.69) is 53.5 Å². The van der Waals surface area contributed by atoms with Gasteiger partial charge in [-0.25, -0.2) is 0 Å². The van der Waals surface area contributed by atoms with Gasteiger partial charge in [-0.1, -0.05) is 34.6 Å². The molecule has 2 unspecified atom stereocenters. The third-order valence-corrected chi connectivity index (χ3v) is 4.47. The Hall–Kier alpha value is -0.0800. The van der Waals surface area contributed by atoms with E-state index in [1.165, 1.54) is 19.4 Å². The van der Waals surface area contributed by atoms with Gasteiger partial charge in [-0.15, -0.1) is 0 Å². The Morgan fingerprint density at radius 1 is 1.33 bits per heavy atom. The standard InChI is InChI=1S/C16H33NO/c1-13(15(2,3)4)17(7)11-14-8-9-18-12-16(5,6)10-14/h13-14H,8-12H2,1-7H3. The van der Waals surface area contributed by atoms with Crippen molar-refractivity contribution in [3.63, 3.8) is 0 Å². The van der Waals surface area contributed by atoms with E-state index in [0.717, 1.165) is 19.1 Å². The number of ether oxygens (including phenoxy) is 1. The molecule has 1 rings (SSSR count). The molecule has 0 radical (unpaired) electrons. The van der Waals surface area contributed by atoms with Gasteiger partial charge in [0.25, 0.3) is 0 Å². The van der Waals surface area contributed by atoms with Crippen LogP contribution in [0.5, 0.6) is 0 Å². The Balaban J connectivity index is 2.55. The minimum Gasteiger partial charge on any atom is -0.381 e. The average Bonchev–Trinajstić information content (AvgIpc) is 2.36. The van der Waals surface area contributed by atoms with Crippen molar-refractivity contribution in [3.8, 4) is 0 Å². The molecule has 0 aliphatic carbocycles. The van der Waals surface area contributed by atoms with Gasteiger partial charge in [-0.05, 0) is 43.6 Å². The smallest absolute Gasteiger partial charge is 0.0517 e. The molecular formula is C16H33NO. The highest BCUT2D eigenvalue weighted by atomic mass is 16.5. The molecule has 0 bridgehead atoms. The molecule has 0 aromatic rings. The van der Waals surface area contributed by atoms with Crippen molar-refractivity contribution in [1.82, 2.24) is 4.90 Å². The zero-order chi connectivity index (χ0) is 14.0. The first kappa shape index (κ1) is 16.0. The molecule has 108 valence electrons. The van der Waals surface area contributed by atoms with E-state index in [1.807, 2.05) is 0 Å². The minimum atomic E-state index is 0.340. The molecule has 2 nitrogen and oxygen atoms in total. The van der Waals surface area contributed by atoms with Gasteiger partial charge in [-0.3, -0.25) is 0 Å². The number of hydrogen-bond acceptors (Lipinski definition) is 2. The van der Waals surface area contributed by atoms with Crippen LogP contribution >= 0.6 is 0 Å². The second-order valence-electron chi connectivity index (χ2n) is 8.06. The lowest BCUT2D eigenvalue weighted by Gasteiger charge is -2.38. The molecule has 0 aromatic heterocycles. The first-order valence-corrected chi connectivity index (χ1v) is 7.40. The van der Waals surface area contributed by atoms with Crippen LogP contribution in [0, 0.1) is 16.7 Å². The molecule has 0 aromatic carbocycles. The van der Waals surface area contributed by atoms with Crippen molar-refractivity contribution >= 4 is 0 Å². The van der Waals surface area contributed by atoms with Crippen LogP contribution in [0.2, 0.25) is 0 Å². The Kier molecular flexibility index (Phi) is 5.25. The summed E-state index contributed by atoms with van der Waals surface area (Å²) in [5, 5.41) is 0. The van der Waals surface area contributed by atoms with E-state index >= 15 is 0 Å². The summed E-state index contributed by atoms with van der Waals surface area (Å²) in [5.41, 5.74) is 0.693. The fraction of sp³-hybridized carbons (Fsp3) is 1.00. The molecule has 2 atom stereocenters. The molecule has 1 heterocycles. The van der Waals surface area contributed by atoms with Crippen LogP contribution in [-0.2, 0) is 4.74 Å². The Bertz CT molecular complexity index is 254. The third-order valence-electron chi connectivity index (χ3n) is 4.47. The van der Waals surface area contributed by atoms with Crippen LogP contribution < -0.4 is 0 Å². The molecule has 0 spiro atoms. The van der Waals surface area contributed by atoms with Crippen molar-refractivity contribution in [1.29, 1.82) is 0 Å². The minimum absolute atomic E-state index is 0.340. The predicted molar refractivity (Wildman–Crippen MR) is 78.9 cm³/mol. The third kappa shape index (κ3) is 4.89. The van der Waals surface area contributed by atoms with Crippen LogP contribution in [0.25, 0.3) is 0 Å². The first-order valence-electron chi connectivity index (χ1n) is 7.40. The van der Waals surface area contributed by atoms with Gasteiger partial charge in [-0.2, -0.15) is 0 Å². The van der Waals surface area contributed by atoms with Gasteiger partial charge < -0.3 is 9.64 Å². The summed E-state index contributed by atoms with van der Waals surface area (Å²) in [7, 11) is 2.27. The lowest BCUT2D eigenvalue weighted by atomic mass is 9.82. The van der Waals surface area contributed by atoms with Crippen LogP contribution in [-0.4, -0.2) is 37.7 Å². The highest BCUT2D eigenvalue weighted by molar-refractivity contribution is 4.82. The van der Waals surface area contributed by atoms with Crippen LogP contribution in [0.1, 0.15) is 54.4 Å². The van der Waals surface area contributed by atoms with E-state index in [0.29, 0.717) is 16.9 Å². The predicted octanol–water partition coefficient (Wildman–Crippen LogP) is 3.81. The van der Waals surface area contributed by atoms with Crippen molar-refractivity contribution in [3.05, 3.63) is 0 Å². The summed E-state index contributed by atoms with van der Waals surface area (Å²) in [4.78, 5) is 2.53. The summed E-state index contributed by atoms with van der Waals surface area (Å²) in [6.07, 6.45) is 2.50. The summed E-state index contributed by atoms with van der Waals surface area (Å²) < 4.78 is 5.73. The highest BCUT2D eigenvalue weighted by Gasteiger charge is 2.30. The van der Waals surface area contributed by atoms with Crippen molar-refractivity contribution in [2.75, 3.05) is 26.8 Å². The molecule has 0 saturated carbocycles. The van der Waals surface area contributed by atoms with Gasteiger partial charge >= 0.3 is 0 Å². The van der Waals surface area contributed by atoms with E-state index in [-0.39, 0.29) is 0 Å². The summed E-state index contributed by atoms with van der Waals surface area (Å²) in [6.45, 7) is 17.0. The number of rotatable bonds is 3. The molecule has 18 heavy (non-hydrogen) atoms. The molecule has 1 aliphatic heterocycles. The monoisotopic (exact) mass is 255 g/mol. The van der Waals surface area contributed by atoms with E-state index < -0.39 is 0 Å². The maximum atomic E-state index is 5.73. The van der Waals surface area contributed by atoms with Crippen molar-refractivity contribution < 1.29 is 4.74 Å². The van der Waals surface area contributed by atoms with E-state index in [9.17, 15) is 0 Å². The largest absolute Gasteiger partial charge is 0.381 e. The lowest BCUT2D eigenvalue weighted by Crippen LogP contribution is -2.42. The van der Waals surface area contributed by atoms with Crippen molar-refractivity contribution in [2.24, 2.45) is 16.7 Å². The average molecular weight is 255 g/mol. The Labute approximate surface area is 114 Å². The van der Waals surface area contributed by atoms with Crippen LogP contribution in [0.3, 0.4) is 0 Å². The first-order chi connectivity index (χ1) is 8.12. The molecule has 0 N–H and O–H groups in total. The topological polar surface area (TPSA) is 12.5 Å². The molecular weight excluding hydrogens is 222 g/mol. The van der Waals surface area contributed by atoms with Gasteiger partial charge in [0.15, 0.2) is 0 Å². The molecule has 2 heteroatoms. The van der Waals surface area contributed by atoms with Crippen molar-refractivity contribution in [2.45, 2.75) is 60.4 Å². The Morgan fingerprint density at radius 3 is 2.50 bits per heavy atom. The summed E-state index contributed by atoms with van der Waals surface area (Å²) in [6, 6.07) is 0.616. The zero-order valence-electron chi connectivity index (χ0n) is 13.5. The Morgan fingerprint density at radius 2 is 1.94 bits per heavy atom. The zero-order valence-corrected chi connectivity index (χ0v) is 13.5. The maximum absolute atomic E-state index is 5.73. The van der Waals surface area contributed by atoms with Gasteiger partial charge in [0, 0.05) is 19.2 Å². The highest BCUT2D eigenvalue weighted by Crippen LogP contribution is 2.32. The second kappa shape index (κ2) is 5.92. The maximum Gasteiger partial charge on any atom is 0.0517 e. The van der Waals surface area contributed by atoms with Crippen LogP contribution in [0.4, 0.5) is 0 Å².